The molecule has 3 aromatic rings. The minimum Gasteiger partial charge on any atom is -0.473 e. The Labute approximate surface area is 105 Å². The second kappa shape index (κ2) is 4.84. The molecule has 0 aliphatic rings. The van der Waals surface area contributed by atoms with Gasteiger partial charge in [-0.05, 0) is 23.8 Å². The third kappa shape index (κ3) is 2.30. The number of hydrogen-bond donors (Lipinski definition) is 0. The Hall–Kier alpha value is -2.42. The minimum absolute atomic E-state index is 0.520. The van der Waals surface area contributed by atoms with Crippen LogP contribution in [0.3, 0.4) is 0 Å². The maximum Gasteiger partial charge on any atom is 0.215 e. The quantitative estimate of drug-likeness (QED) is 0.700. The molecule has 0 aliphatic heterocycles. The van der Waals surface area contributed by atoms with Crippen LogP contribution in [-0.4, -0.2) is 9.97 Å². The van der Waals surface area contributed by atoms with Crippen molar-refractivity contribution in [1.82, 2.24) is 9.97 Å². The molecule has 0 amide bonds. The SMILES string of the molecule is c1ccc(COc2ccc3cccnc3n2)cc1. The highest BCUT2D eigenvalue weighted by atomic mass is 16.5. The predicted molar refractivity (Wildman–Crippen MR) is 70.3 cm³/mol. The Morgan fingerprint density at radius 2 is 1.78 bits per heavy atom. The molecule has 0 spiro atoms. The van der Waals surface area contributed by atoms with Crippen molar-refractivity contribution in [2.75, 3.05) is 0 Å². The van der Waals surface area contributed by atoms with Crippen LogP contribution >= 0.6 is 0 Å². The minimum atomic E-state index is 0.520. The summed E-state index contributed by atoms with van der Waals surface area (Å²) in [6.45, 7) is 0.520. The maximum absolute atomic E-state index is 5.65. The van der Waals surface area contributed by atoms with Gasteiger partial charge in [0.15, 0.2) is 5.65 Å². The van der Waals surface area contributed by atoms with Gasteiger partial charge < -0.3 is 4.74 Å². The summed E-state index contributed by atoms with van der Waals surface area (Å²) in [5.41, 5.74) is 1.84. The van der Waals surface area contributed by atoms with Crippen LogP contribution in [-0.2, 0) is 6.61 Å². The monoisotopic (exact) mass is 236 g/mol. The number of nitrogens with zero attached hydrogens (tertiary/aromatic N) is 2. The van der Waals surface area contributed by atoms with E-state index in [-0.39, 0.29) is 0 Å². The smallest absolute Gasteiger partial charge is 0.215 e. The lowest BCUT2D eigenvalue weighted by Crippen LogP contribution is -1.97. The molecule has 3 heteroatoms. The van der Waals surface area contributed by atoms with Crippen LogP contribution in [0.5, 0.6) is 5.88 Å². The highest BCUT2D eigenvalue weighted by Gasteiger charge is 2.00. The largest absolute Gasteiger partial charge is 0.473 e. The first-order valence-corrected chi connectivity index (χ1v) is 5.80. The first-order chi connectivity index (χ1) is 8.92. The van der Waals surface area contributed by atoms with Crippen molar-refractivity contribution in [1.29, 1.82) is 0 Å². The van der Waals surface area contributed by atoms with Crippen molar-refractivity contribution < 1.29 is 4.74 Å². The number of hydrogen-bond acceptors (Lipinski definition) is 3. The molecule has 2 heterocycles. The molecule has 0 aliphatic carbocycles. The van der Waals surface area contributed by atoms with Crippen molar-refractivity contribution >= 4 is 11.0 Å². The van der Waals surface area contributed by atoms with Gasteiger partial charge in [-0.15, -0.1) is 0 Å². The lowest BCUT2D eigenvalue weighted by Gasteiger charge is -2.05. The maximum atomic E-state index is 5.65. The summed E-state index contributed by atoms with van der Waals surface area (Å²) < 4.78 is 5.65. The zero-order valence-electron chi connectivity index (χ0n) is 9.78. The Morgan fingerprint density at radius 3 is 2.67 bits per heavy atom. The highest BCUT2D eigenvalue weighted by Crippen LogP contribution is 2.15. The fourth-order valence-electron chi connectivity index (χ4n) is 1.75. The Bertz CT molecular complexity index is 653. The lowest BCUT2D eigenvalue weighted by atomic mass is 10.2. The topological polar surface area (TPSA) is 35.0 Å². The molecule has 0 saturated heterocycles. The van der Waals surface area contributed by atoms with Crippen molar-refractivity contribution in [3.05, 3.63) is 66.4 Å². The van der Waals surface area contributed by atoms with E-state index in [1.54, 1.807) is 6.20 Å². The molecule has 3 nitrogen and oxygen atoms in total. The summed E-state index contributed by atoms with van der Waals surface area (Å²) >= 11 is 0. The summed E-state index contributed by atoms with van der Waals surface area (Å²) in [5, 5.41) is 1.02. The molecule has 0 saturated carbocycles. The van der Waals surface area contributed by atoms with Crippen molar-refractivity contribution in [3.8, 4) is 5.88 Å². The third-order valence-electron chi connectivity index (χ3n) is 2.67. The summed E-state index contributed by atoms with van der Waals surface area (Å²) in [6.07, 6.45) is 1.73. The zero-order valence-corrected chi connectivity index (χ0v) is 9.78. The summed E-state index contributed by atoms with van der Waals surface area (Å²) in [4.78, 5) is 8.56. The highest BCUT2D eigenvalue weighted by molar-refractivity contribution is 5.74. The normalized spacial score (nSPS) is 10.4. The van der Waals surface area contributed by atoms with Crippen LogP contribution in [0.2, 0.25) is 0 Å². The summed E-state index contributed by atoms with van der Waals surface area (Å²) in [7, 11) is 0. The summed E-state index contributed by atoms with van der Waals surface area (Å²) in [5.74, 6) is 0.602. The number of aromatic nitrogens is 2. The standard InChI is InChI=1S/C15H12N2O/c1-2-5-12(6-3-1)11-18-14-9-8-13-7-4-10-16-15(13)17-14/h1-10H,11H2. The van der Waals surface area contributed by atoms with Gasteiger partial charge in [-0.1, -0.05) is 30.3 Å². The van der Waals surface area contributed by atoms with E-state index in [0.29, 0.717) is 18.1 Å². The second-order valence-corrected chi connectivity index (χ2v) is 3.97. The zero-order chi connectivity index (χ0) is 12.2. The molecule has 18 heavy (non-hydrogen) atoms. The van der Waals surface area contributed by atoms with Gasteiger partial charge in [0.05, 0.1) is 0 Å². The van der Waals surface area contributed by atoms with Crippen LogP contribution in [0.25, 0.3) is 11.0 Å². The fourth-order valence-corrected chi connectivity index (χ4v) is 1.75. The molecule has 0 N–H and O–H groups in total. The molecule has 1 aromatic carbocycles. The first kappa shape index (κ1) is 10.7. The Morgan fingerprint density at radius 1 is 0.889 bits per heavy atom. The van der Waals surface area contributed by atoms with Crippen molar-refractivity contribution in [2.24, 2.45) is 0 Å². The van der Waals surface area contributed by atoms with Crippen LogP contribution in [0.1, 0.15) is 5.56 Å². The number of rotatable bonds is 3. The molecular weight excluding hydrogens is 224 g/mol. The van der Waals surface area contributed by atoms with Gasteiger partial charge in [0.25, 0.3) is 0 Å². The molecule has 0 unspecified atom stereocenters. The third-order valence-corrected chi connectivity index (χ3v) is 2.67. The van der Waals surface area contributed by atoms with E-state index >= 15 is 0 Å². The van der Waals surface area contributed by atoms with Gasteiger partial charge in [0.1, 0.15) is 6.61 Å². The fraction of sp³-hybridized carbons (Fsp3) is 0.0667. The van der Waals surface area contributed by atoms with Gasteiger partial charge >= 0.3 is 0 Å². The van der Waals surface area contributed by atoms with Gasteiger partial charge in [-0.2, -0.15) is 4.98 Å². The van der Waals surface area contributed by atoms with Crippen molar-refractivity contribution in [2.45, 2.75) is 6.61 Å². The van der Waals surface area contributed by atoms with Crippen LogP contribution in [0, 0.1) is 0 Å². The molecule has 0 fully saturated rings. The lowest BCUT2D eigenvalue weighted by molar-refractivity contribution is 0.295. The molecule has 88 valence electrons. The van der Waals surface area contributed by atoms with E-state index in [1.807, 2.05) is 54.6 Å². The molecule has 3 rings (SSSR count). The first-order valence-electron chi connectivity index (χ1n) is 5.80. The van der Waals surface area contributed by atoms with E-state index in [0.717, 1.165) is 10.9 Å². The van der Waals surface area contributed by atoms with Gasteiger partial charge in [-0.25, -0.2) is 4.98 Å². The molecule has 2 aromatic heterocycles. The Balaban J connectivity index is 1.79. The molecule has 0 radical (unpaired) electrons. The number of pyridine rings is 2. The summed E-state index contributed by atoms with van der Waals surface area (Å²) in [6, 6.07) is 17.7. The Kier molecular flexibility index (Phi) is 2.88. The van der Waals surface area contributed by atoms with Crippen molar-refractivity contribution in [3.63, 3.8) is 0 Å². The van der Waals surface area contributed by atoms with Crippen LogP contribution in [0.4, 0.5) is 0 Å². The van der Waals surface area contributed by atoms with E-state index in [4.69, 9.17) is 4.74 Å². The average Bonchev–Trinajstić information content (AvgIpc) is 2.46. The molecule has 0 atom stereocenters. The van der Waals surface area contributed by atoms with Gasteiger partial charge in [-0.3, -0.25) is 0 Å². The predicted octanol–water partition coefficient (Wildman–Crippen LogP) is 3.21. The molecular formula is C15H12N2O. The van der Waals surface area contributed by atoms with Crippen LogP contribution in [0.15, 0.2) is 60.8 Å². The number of ether oxygens (including phenoxy) is 1. The van der Waals surface area contributed by atoms with Gasteiger partial charge in [0.2, 0.25) is 5.88 Å². The molecule has 0 bridgehead atoms. The number of benzene rings is 1. The van der Waals surface area contributed by atoms with Gasteiger partial charge in [0, 0.05) is 17.6 Å². The van der Waals surface area contributed by atoms with E-state index in [9.17, 15) is 0 Å². The van der Waals surface area contributed by atoms with Crippen LogP contribution < -0.4 is 4.74 Å². The van der Waals surface area contributed by atoms with E-state index < -0.39 is 0 Å². The van der Waals surface area contributed by atoms with E-state index in [1.165, 1.54) is 0 Å². The average molecular weight is 236 g/mol. The number of fused-ring (bicyclic) bond motifs is 1. The second-order valence-electron chi connectivity index (χ2n) is 3.97. The van der Waals surface area contributed by atoms with E-state index in [2.05, 4.69) is 9.97 Å².